The molecule has 0 saturated carbocycles. The van der Waals surface area contributed by atoms with Gasteiger partial charge in [0.1, 0.15) is 5.56 Å². The van der Waals surface area contributed by atoms with Crippen LogP contribution >= 0.6 is 11.6 Å². The highest BCUT2D eigenvalue weighted by Crippen LogP contribution is 2.28. The summed E-state index contributed by atoms with van der Waals surface area (Å²) in [7, 11) is 0. The zero-order valence-corrected chi connectivity index (χ0v) is 15.8. The van der Waals surface area contributed by atoms with Crippen molar-refractivity contribution in [1.82, 2.24) is 14.3 Å². The molecule has 3 aromatic rings. The van der Waals surface area contributed by atoms with Gasteiger partial charge in [0.05, 0.1) is 12.2 Å². The van der Waals surface area contributed by atoms with Crippen molar-refractivity contribution in [3.05, 3.63) is 74.8 Å². The van der Waals surface area contributed by atoms with Gasteiger partial charge in [-0.25, -0.2) is 4.79 Å². The van der Waals surface area contributed by atoms with E-state index in [0.29, 0.717) is 16.3 Å². The van der Waals surface area contributed by atoms with Crippen molar-refractivity contribution in [3.8, 4) is 11.3 Å². The summed E-state index contributed by atoms with van der Waals surface area (Å²) in [6.45, 7) is 1.86. The van der Waals surface area contributed by atoms with Crippen LogP contribution in [0.4, 0.5) is 13.2 Å². The summed E-state index contributed by atoms with van der Waals surface area (Å²) in [6, 6.07) is 8.29. The lowest BCUT2D eigenvalue weighted by molar-refractivity contribution is -0.141. The lowest BCUT2D eigenvalue weighted by Crippen LogP contribution is -2.24. The van der Waals surface area contributed by atoms with Crippen LogP contribution in [0.3, 0.4) is 0 Å². The van der Waals surface area contributed by atoms with E-state index in [1.165, 1.54) is 6.07 Å². The molecule has 152 valence electrons. The van der Waals surface area contributed by atoms with Gasteiger partial charge in [0.15, 0.2) is 11.1 Å². The van der Waals surface area contributed by atoms with Crippen LogP contribution < -0.4 is 5.43 Å². The van der Waals surface area contributed by atoms with E-state index >= 15 is 0 Å². The van der Waals surface area contributed by atoms with Crippen LogP contribution in [-0.4, -0.2) is 25.4 Å². The third-order valence-electron chi connectivity index (χ3n) is 4.28. The summed E-state index contributed by atoms with van der Waals surface area (Å²) in [5, 5.41) is 13.4. The van der Waals surface area contributed by atoms with Crippen molar-refractivity contribution in [1.29, 1.82) is 0 Å². The maximum Gasteiger partial charge on any atom is 0.435 e. The number of benzene rings is 1. The van der Waals surface area contributed by atoms with Crippen molar-refractivity contribution in [2.24, 2.45) is 0 Å². The Morgan fingerprint density at radius 1 is 1.24 bits per heavy atom. The molecular formula is C19H15ClF3N3O3. The number of rotatable bonds is 5. The molecule has 1 aromatic carbocycles. The fourth-order valence-electron chi connectivity index (χ4n) is 3.10. The topological polar surface area (TPSA) is 77.1 Å². The Hall–Kier alpha value is -3.07. The van der Waals surface area contributed by atoms with Gasteiger partial charge in [0.2, 0.25) is 0 Å². The largest absolute Gasteiger partial charge is 0.477 e. The van der Waals surface area contributed by atoms with Gasteiger partial charge in [-0.3, -0.25) is 9.48 Å². The lowest BCUT2D eigenvalue weighted by atomic mass is 10.0. The monoisotopic (exact) mass is 425 g/mol. The number of hydrogen-bond donors (Lipinski definition) is 1. The average molecular weight is 426 g/mol. The first kappa shape index (κ1) is 20.7. The Morgan fingerprint density at radius 3 is 2.52 bits per heavy atom. The van der Waals surface area contributed by atoms with Crippen molar-refractivity contribution < 1.29 is 23.1 Å². The molecule has 0 aliphatic heterocycles. The Balaban J connectivity index is 2.20. The summed E-state index contributed by atoms with van der Waals surface area (Å²) in [5.41, 5.74) is -1.39. The predicted molar refractivity (Wildman–Crippen MR) is 100 cm³/mol. The molecule has 0 radical (unpaired) electrons. The molecule has 0 aliphatic carbocycles. The molecule has 10 heteroatoms. The number of carboxylic acid groups (broad SMARTS) is 1. The molecule has 2 heterocycles. The summed E-state index contributed by atoms with van der Waals surface area (Å²) >= 11 is 6.02. The first-order chi connectivity index (χ1) is 13.6. The first-order valence-electron chi connectivity index (χ1n) is 8.48. The molecule has 0 fully saturated rings. The molecule has 1 N–H and O–H groups in total. The second kappa shape index (κ2) is 7.75. The van der Waals surface area contributed by atoms with E-state index in [1.807, 2.05) is 0 Å². The van der Waals surface area contributed by atoms with Crippen LogP contribution in [-0.2, 0) is 19.3 Å². The minimum atomic E-state index is -4.59. The lowest BCUT2D eigenvalue weighted by Gasteiger charge is -2.20. The molecule has 3 rings (SSSR count). The first-order valence-corrected chi connectivity index (χ1v) is 8.86. The third kappa shape index (κ3) is 4.19. The van der Waals surface area contributed by atoms with E-state index in [0.717, 1.165) is 23.0 Å². The smallest absolute Gasteiger partial charge is 0.435 e. The molecule has 0 bridgehead atoms. The number of alkyl halides is 3. The van der Waals surface area contributed by atoms with Crippen molar-refractivity contribution in [2.75, 3.05) is 0 Å². The number of nitrogens with zero attached hydrogens (tertiary/aromatic N) is 3. The fraction of sp³-hybridized carbons (Fsp3) is 0.211. The molecule has 0 amide bonds. The van der Waals surface area contributed by atoms with E-state index in [-0.39, 0.29) is 18.8 Å². The molecule has 29 heavy (non-hydrogen) atoms. The highest BCUT2D eigenvalue weighted by Gasteiger charge is 2.33. The molecule has 0 spiro atoms. The normalized spacial score (nSPS) is 11.6. The highest BCUT2D eigenvalue weighted by molar-refractivity contribution is 6.30. The standard InChI is InChI=1S/C19H15ClF3N3O3/c1-2-26-13(10-25-7-6-15(24-25)19(21,22)23)9-14(27)16(18(28)29)17(26)11-4-3-5-12(20)8-11/h3-9H,2,10H2,1H3,(H,28,29). The Morgan fingerprint density at radius 2 is 1.97 bits per heavy atom. The van der Waals surface area contributed by atoms with Crippen LogP contribution in [0.15, 0.2) is 47.4 Å². The minimum absolute atomic E-state index is 0.133. The van der Waals surface area contributed by atoms with Gasteiger partial charge in [-0.05, 0) is 25.1 Å². The van der Waals surface area contributed by atoms with E-state index in [4.69, 9.17) is 11.6 Å². The minimum Gasteiger partial charge on any atom is -0.477 e. The molecule has 0 unspecified atom stereocenters. The van der Waals surface area contributed by atoms with Crippen LogP contribution in [0.1, 0.15) is 28.7 Å². The summed E-state index contributed by atoms with van der Waals surface area (Å²) < 4.78 is 41.0. The van der Waals surface area contributed by atoms with Crippen molar-refractivity contribution in [2.45, 2.75) is 26.2 Å². The Bertz CT molecular complexity index is 1140. The zero-order valence-electron chi connectivity index (χ0n) is 15.1. The Kier molecular flexibility index (Phi) is 5.52. The number of halogens is 4. The summed E-state index contributed by atoms with van der Waals surface area (Å²) in [6.07, 6.45) is -3.44. The van der Waals surface area contributed by atoms with E-state index in [9.17, 15) is 27.9 Å². The highest BCUT2D eigenvalue weighted by atomic mass is 35.5. The maximum atomic E-state index is 12.8. The molecular weight excluding hydrogens is 411 g/mol. The second-order valence-corrected chi connectivity index (χ2v) is 6.62. The number of aromatic carboxylic acids is 1. The van der Waals surface area contributed by atoms with Crippen molar-refractivity contribution in [3.63, 3.8) is 0 Å². The second-order valence-electron chi connectivity index (χ2n) is 6.18. The summed E-state index contributed by atoms with van der Waals surface area (Å²) in [5.74, 6) is -1.41. The van der Waals surface area contributed by atoms with Crippen LogP contribution in [0.25, 0.3) is 11.3 Å². The quantitative estimate of drug-likeness (QED) is 0.666. The van der Waals surface area contributed by atoms with E-state index in [2.05, 4.69) is 5.10 Å². The number of hydrogen-bond acceptors (Lipinski definition) is 3. The number of carboxylic acids is 1. The molecule has 6 nitrogen and oxygen atoms in total. The van der Waals surface area contributed by atoms with E-state index in [1.54, 1.807) is 29.7 Å². The van der Waals surface area contributed by atoms with Gasteiger partial charge >= 0.3 is 12.1 Å². The van der Waals surface area contributed by atoms with Gasteiger partial charge in [-0.1, -0.05) is 23.7 Å². The predicted octanol–water partition coefficient (Wildman–Crippen LogP) is 4.15. The Labute approximate surface area is 167 Å². The number of pyridine rings is 1. The van der Waals surface area contributed by atoms with Gasteiger partial charge in [-0.15, -0.1) is 0 Å². The fourth-order valence-corrected chi connectivity index (χ4v) is 3.29. The van der Waals surface area contributed by atoms with Gasteiger partial charge < -0.3 is 9.67 Å². The van der Waals surface area contributed by atoms with Gasteiger partial charge in [-0.2, -0.15) is 18.3 Å². The molecule has 0 saturated heterocycles. The number of carbonyl (C=O) groups is 1. The van der Waals surface area contributed by atoms with Gasteiger partial charge in [0.25, 0.3) is 0 Å². The van der Waals surface area contributed by atoms with Crippen LogP contribution in [0.5, 0.6) is 0 Å². The molecule has 2 aromatic heterocycles. The molecule has 0 aliphatic rings. The number of aromatic nitrogens is 3. The van der Waals surface area contributed by atoms with Crippen LogP contribution in [0.2, 0.25) is 5.02 Å². The maximum absolute atomic E-state index is 12.8. The third-order valence-corrected chi connectivity index (χ3v) is 4.52. The zero-order chi connectivity index (χ0) is 21.3. The van der Waals surface area contributed by atoms with E-state index < -0.39 is 28.8 Å². The SMILES string of the molecule is CCn1c(Cn2ccc(C(F)(F)F)n2)cc(=O)c(C(=O)O)c1-c1cccc(Cl)c1. The van der Waals surface area contributed by atoms with Crippen molar-refractivity contribution >= 4 is 17.6 Å². The van der Waals surface area contributed by atoms with Gasteiger partial charge in [0, 0.05) is 35.1 Å². The average Bonchev–Trinajstić information content (AvgIpc) is 3.09. The molecule has 0 atom stereocenters. The van der Waals surface area contributed by atoms with Crippen LogP contribution in [0, 0.1) is 0 Å². The summed E-state index contributed by atoms with van der Waals surface area (Å²) in [4.78, 5) is 24.3.